The molecular weight excluding hydrogens is 360 g/mol. The summed E-state index contributed by atoms with van der Waals surface area (Å²) in [4.78, 5) is 35.5. The van der Waals surface area contributed by atoms with Crippen LogP contribution < -0.4 is 15.4 Å². The maximum absolute atomic E-state index is 11.9. The predicted molar refractivity (Wildman–Crippen MR) is 103 cm³/mol. The predicted octanol–water partition coefficient (Wildman–Crippen LogP) is 2.50. The second kappa shape index (κ2) is 9.57. The first-order chi connectivity index (χ1) is 13.5. The molecule has 152 valence electrons. The van der Waals surface area contributed by atoms with Crippen LogP contribution in [0.15, 0.2) is 18.2 Å². The molecule has 7 nitrogen and oxygen atoms in total. The van der Waals surface area contributed by atoms with Crippen molar-refractivity contribution in [2.75, 3.05) is 13.2 Å². The largest absolute Gasteiger partial charge is 0.482 e. The van der Waals surface area contributed by atoms with Crippen LogP contribution in [0.3, 0.4) is 0 Å². The second-order valence-corrected chi connectivity index (χ2v) is 7.62. The zero-order valence-electron chi connectivity index (χ0n) is 16.3. The van der Waals surface area contributed by atoms with Crippen LogP contribution in [-0.2, 0) is 27.2 Å². The van der Waals surface area contributed by atoms with Crippen molar-refractivity contribution in [2.24, 2.45) is 5.92 Å². The number of nitrogens with one attached hydrogen (secondary N) is 2. The third-order valence-corrected chi connectivity index (χ3v) is 5.47. The zero-order valence-corrected chi connectivity index (χ0v) is 16.3. The van der Waals surface area contributed by atoms with Gasteiger partial charge in [-0.1, -0.05) is 25.8 Å². The lowest BCUT2D eigenvalue weighted by Gasteiger charge is -2.29. The Bertz CT molecular complexity index is 734. The number of rotatable bonds is 6. The summed E-state index contributed by atoms with van der Waals surface area (Å²) in [5.41, 5.74) is 2.58. The maximum Gasteiger partial charge on any atom is 0.344 e. The fourth-order valence-corrected chi connectivity index (χ4v) is 3.87. The van der Waals surface area contributed by atoms with Crippen LogP contribution in [0.4, 0.5) is 4.79 Å². The van der Waals surface area contributed by atoms with Crippen LogP contribution in [0.5, 0.6) is 5.75 Å². The first-order valence-electron chi connectivity index (χ1n) is 10.0. The zero-order chi connectivity index (χ0) is 19.9. The molecule has 3 amide bonds. The van der Waals surface area contributed by atoms with Crippen molar-refractivity contribution in [1.29, 1.82) is 0 Å². The number of aryl methyl sites for hydroxylation is 2. The molecule has 0 bridgehead atoms. The maximum atomic E-state index is 11.9. The van der Waals surface area contributed by atoms with Crippen LogP contribution in [0.1, 0.15) is 50.2 Å². The lowest BCUT2D eigenvalue weighted by molar-refractivity contribution is -0.150. The Labute approximate surface area is 165 Å². The Hall–Kier alpha value is -2.57. The molecule has 1 aromatic carbocycles. The van der Waals surface area contributed by atoms with Crippen molar-refractivity contribution in [3.8, 4) is 5.75 Å². The summed E-state index contributed by atoms with van der Waals surface area (Å²) < 4.78 is 10.3. The van der Waals surface area contributed by atoms with Crippen LogP contribution in [0.2, 0.25) is 0 Å². The third kappa shape index (κ3) is 5.71. The number of carbonyl (C=O) groups excluding carboxylic acids is 3. The van der Waals surface area contributed by atoms with E-state index in [1.54, 1.807) is 0 Å². The van der Waals surface area contributed by atoms with Crippen molar-refractivity contribution in [3.63, 3.8) is 0 Å². The van der Waals surface area contributed by atoms with Gasteiger partial charge in [0.25, 0.3) is 5.91 Å². The highest BCUT2D eigenvalue weighted by Gasteiger charge is 2.23. The molecule has 0 spiro atoms. The molecule has 0 aliphatic heterocycles. The molecule has 0 aromatic heterocycles. The number of esters is 1. The molecule has 1 saturated carbocycles. The summed E-state index contributed by atoms with van der Waals surface area (Å²) in [5, 5.41) is 5.02. The molecule has 2 atom stereocenters. The minimum absolute atomic E-state index is 0.0739. The molecule has 2 aliphatic carbocycles. The minimum Gasteiger partial charge on any atom is -0.482 e. The molecule has 0 unspecified atom stereocenters. The van der Waals surface area contributed by atoms with Gasteiger partial charge in [-0.2, -0.15) is 0 Å². The number of imide groups is 1. The van der Waals surface area contributed by atoms with Crippen LogP contribution in [-0.4, -0.2) is 37.2 Å². The van der Waals surface area contributed by atoms with Crippen LogP contribution >= 0.6 is 0 Å². The lowest BCUT2D eigenvalue weighted by atomic mass is 9.86. The molecule has 28 heavy (non-hydrogen) atoms. The highest BCUT2D eigenvalue weighted by atomic mass is 16.6. The number of hydrogen-bond acceptors (Lipinski definition) is 5. The first-order valence-corrected chi connectivity index (χ1v) is 10.0. The van der Waals surface area contributed by atoms with E-state index in [9.17, 15) is 14.4 Å². The molecule has 2 aliphatic rings. The van der Waals surface area contributed by atoms with E-state index in [4.69, 9.17) is 9.47 Å². The van der Waals surface area contributed by atoms with Crippen molar-refractivity contribution < 1.29 is 23.9 Å². The third-order valence-electron chi connectivity index (χ3n) is 5.47. The highest BCUT2D eigenvalue weighted by molar-refractivity contribution is 5.95. The molecule has 0 saturated heterocycles. The Morgan fingerprint density at radius 1 is 1.04 bits per heavy atom. The number of carbonyl (C=O) groups is 3. The molecule has 0 radical (unpaired) electrons. The van der Waals surface area contributed by atoms with Crippen LogP contribution in [0.25, 0.3) is 0 Å². The Morgan fingerprint density at radius 2 is 1.82 bits per heavy atom. The molecule has 0 heterocycles. The quantitative estimate of drug-likeness (QED) is 0.731. The van der Waals surface area contributed by atoms with Gasteiger partial charge in [-0.3, -0.25) is 10.1 Å². The molecule has 1 fully saturated rings. The number of ether oxygens (including phenoxy) is 2. The van der Waals surface area contributed by atoms with Gasteiger partial charge in [0.2, 0.25) is 0 Å². The molecule has 3 rings (SSSR count). The first kappa shape index (κ1) is 20.2. The fraction of sp³-hybridized carbons (Fsp3) is 0.571. The van der Waals surface area contributed by atoms with Gasteiger partial charge >= 0.3 is 12.0 Å². The Kier molecular flexibility index (Phi) is 6.90. The standard InChI is InChI=1S/C21H28N2O5/c1-14-5-2-3-8-18(14)22-21(26)23-19(24)12-28-20(25)13-27-17-10-9-15-6-4-7-16(15)11-17/h9-11,14,18H,2-8,12-13H2,1H3,(H2,22,23,24,26)/t14-,18+/m0/s1. The van der Waals surface area contributed by atoms with E-state index in [1.165, 1.54) is 17.5 Å². The summed E-state index contributed by atoms with van der Waals surface area (Å²) in [6.45, 7) is 1.30. The number of urea groups is 1. The monoisotopic (exact) mass is 388 g/mol. The van der Waals surface area contributed by atoms with Gasteiger partial charge in [0.05, 0.1) is 0 Å². The van der Waals surface area contributed by atoms with Crippen molar-refractivity contribution in [1.82, 2.24) is 10.6 Å². The minimum atomic E-state index is -0.660. The SMILES string of the molecule is C[C@H]1CCCC[C@H]1NC(=O)NC(=O)COC(=O)COc1ccc2c(c1)CCC2. The average molecular weight is 388 g/mol. The van der Waals surface area contributed by atoms with E-state index in [0.29, 0.717) is 11.7 Å². The summed E-state index contributed by atoms with van der Waals surface area (Å²) in [6.07, 6.45) is 7.48. The molecular formula is C21H28N2O5. The summed E-state index contributed by atoms with van der Waals surface area (Å²) in [6, 6.07) is 5.32. The fourth-order valence-electron chi connectivity index (χ4n) is 3.87. The smallest absolute Gasteiger partial charge is 0.344 e. The van der Waals surface area contributed by atoms with Crippen LogP contribution in [0, 0.1) is 5.92 Å². The number of benzene rings is 1. The van der Waals surface area contributed by atoms with Crippen molar-refractivity contribution in [2.45, 2.75) is 57.9 Å². The van der Waals surface area contributed by atoms with Crippen molar-refractivity contribution in [3.05, 3.63) is 29.3 Å². The van der Waals surface area contributed by atoms with Gasteiger partial charge in [0, 0.05) is 6.04 Å². The van der Waals surface area contributed by atoms with Gasteiger partial charge < -0.3 is 14.8 Å². The van der Waals surface area contributed by atoms with Gasteiger partial charge in [0.15, 0.2) is 13.2 Å². The topological polar surface area (TPSA) is 93.7 Å². The van der Waals surface area contributed by atoms with E-state index < -0.39 is 24.5 Å². The highest BCUT2D eigenvalue weighted by Crippen LogP contribution is 2.26. The average Bonchev–Trinajstić information content (AvgIpc) is 3.14. The van der Waals surface area contributed by atoms with E-state index in [1.807, 2.05) is 18.2 Å². The number of fused-ring (bicyclic) bond motifs is 1. The Morgan fingerprint density at radius 3 is 2.64 bits per heavy atom. The number of hydrogen-bond donors (Lipinski definition) is 2. The van der Waals surface area contributed by atoms with Gasteiger partial charge in [-0.25, -0.2) is 9.59 Å². The van der Waals surface area contributed by atoms with E-state index in [0.717, 1.165) is 38.5 Å². The van der Waals surface area contributed by atoms with E-state index in [-0.39, 0.29) is 12.6 Å². The summed E-state index contributed by atoms with van der Waals surface area (Å²) in [5.74, 6) is -0.310. The molecule has 7 heteroatoms. The molecule has 1 aromatic rings. The van der Waals surface area contributed by atoms with E-state index >= 15 is 0 Å². The van der Waals surface area contributed by atoms with Gasteiger partial charge in [-0.15, -0.1) is 0 Å². The summed E-state index contributed by atoms with van der Waals surface area (Å²) >= 11 is 0. The number of amides is 3. The molecule has 2 N–H and O–H groups in total. The Balaban J connectivity index is 1.33. The van der Waals surface area contributed by atoms with E-state index in [2.05, 4.69) is 17.6 Å². The lowest BCUT2D eigenvalue weighted by Crippen LogP contribution is -2.48. The van der Waals surface area contributed by atoms with Gasteiger partial charge in [0.1, 0.15) is 5.75 Å². The second-order valence-electron chi connectivity index (χ2n) is 7.62. The summed E-state index contributed by atoms with van der Waals surface area (Å²) in [7, 11) is 0. The van der Waals surface area contributed by atoms with Gasteiger partial charge in [-0.05, 0) is 61.3 Å². The van der Waals surface area contributed by atoms with Crippen molar-refractivity contribution >= 4 is 17.9 Å². The normalized spacial score (nSPS) is 20.8.